The van der Waals surface area contributed by atoms with E-state index < -0.39 is 0 Å². The number of hydrogen-bond acceptors (Lipinski definition) is 2. The van der Waals surface area contributed by atoms with E-state index in [9.17, 15) is 0 Å². The lowest BCUT2D eigenvalue weighted by molar-refractivity contribution is -0.00518. The molecule has 4 bridgehead atoms. The van der Waals surface area contributed by atoms with Crippen LogP contribution in [0.2, 0.25) is 0 Å². The molecule has 0 spiro atoms. The fourth-order valence-corrected chi connectivity index (χ4v) is 6.83. The van der Waals surface area contributed by atoms with Gasteiger partial charge < -0.3 is 5.32 Å². The maximum Gasteiger partial charge on any atom is 0.0570 e. The Balaban J connectivity index is 1.21. The van der Waals surface area contributed by atoms with Gasteiger partial charge in [0, 0.05) is 11.9 Å². The highest BCUT2D eigenvalue weighted by atomic mass is 14.9. The van der Waals surface area contributed by atoms with Crippen molar-refractivity contribution in [2.75, 3.05) is 5.32 Å². The molecule has 2 heteroatoms. The predicted octanol–water partition coefficient (Wildman–Crippen LogP) is 6.96. The maximum absolute atomic E-state index is 4.16. The summed E-state index contributed by atoms with van der Waals surface area (Å²) in [6.07, 6.45) is 12.5. The predicted molar refractivity (Wildman–Crippen MR) is 119 cm³/mol. The zero-order valence-electron chi connectivity index (χ0n) is 16.9. The number of nitrogens with one attached hydrogen (secondary N) is 1. The Bertz CT molecular complexity index is 954. The third-order valence-electron chi connectivity index (χ3n) is 7.70. The molecule has 1 N–H and O–H groups in total. The highest BCUT2D eigenvalue weighted by Gasteiger charge is 2.51. The summed E-state index contributed by atoms with van der Waals surface area (Å²) in [5.41, 5.74) is 6.79. The van der Waals surface area contributed by atoms with Crippen molar-refractivity contribution in [2.24, 2.45) is 17.8 Å². The third kappa shape index (κ3) is 3.15. The van der Waals surface area contributed by atoms with Gasteiger partial charge in [0.15, 0.2) is 0 Å². The quantitative estimate of drug-likeness (QED) is 0.529. The number of aromatic nitrogens is 1. The van der Waals surface area contributed by atoms with E-state index >= 15 is 0 Å². The Morgan fingerprint density at radius 1 is 0.690 bits per heavy atom. The van der Waals surface area contributed by atoms with E-state index in [1.807, 2.05) is 18.3 Å². The molecule has 146 valence electrons. The van der Waals surface area contributed by atoms with Crippen LogP contribution in [0.4, 0.5) is 11.4 Å². The van der Waals surface area contributed by atoms with Gasteiger partial charge in [-0.25, -0.2) is 0 Å². The van der Waals surface area contributed by atoms with Gasteiger partial charge in [0.1, 0.15) is 0 Å². The van der Waals surface area contributed by atoms with Gasteiger partial charge in [0.2, 0.25) is 0 Å². The van der Waals surface area contributed by atoms with Crippen molar-refractivity contribution in [2.45, 2.75) is 43.9 Å². The average Bonchev–Trinajstić information content (AvgIpc) is 2.74. The lowest BCUT2D eigenvalue weighted by Gasteiger charge is -2.57. The molecule has 1 heterocycles. The second kappa shape index (κ2) is 6.73. The zero-order chi connectivity index (χ0) is 19.3. The zero-order valence-corrected chi connectivity index (χ0v) is 16.9. The first-order valence-corrected chi connectivity index (χ1v) is 11.1. The molecule has 0 aliphatic heterocycles. The minimum atomic E-state index is 0.491. The van der Waals surface area contributed by atoms with Crippen LogP contribution in [0, 0.1) is 17.8 Å². The summed E-state index contributed by atoms with van der Waals surface area (Å²) < 4.78 is 0. The fraction of sp³-hybridized carbons (Fsp3) is 0.370. The van der Waals surface area contributed by atoms with Crippen molar-refractivity contribution in [1.29, 1.82) is 0 Å². The minimum Gasteiger partial charge on any atom is -0.354 e. The van der Waals surface area contributed by atoms with Gasteiger partial charge in [-0.3, -0.25) is 4.98 Å². The number of anilines is 2. The lowest BCUT2D eigenvalue weighted by atomic mass is 9.48. The van der Waals surface area contributed by atoms with Gasteiger partial charge in [0.25, 0.3) is 0 Å². The maximum atomic E-state index is 4.16. The van der Waals surface area contributed by atoms with Crippen LogP contribution >= 0.6 is 0 Å². The van der Waals surface area contributed by atoms with Crippen molar-refractivity contribution in [1.82, 2.24) is 4.98 Å². The summed E-state index contributed by atoms with van der Waals surface area (Å²) in [6, 6.07) is 22.2. The Morgan fingerprint density at radius 2 is 1.28 bits per heavy atom. The third-order valence-corrected chi connectivity index (χ3v) is 7.70. The Hall–Kier alpha value is -2.61. The fourth-order valence-electron chi connectivity index (χ4n) is 6.83. The molecular formula is C27H28N2. The Labute approximate surface area is 173 Å². The molecule has 29 heavy (non-hydrogen) atoms. The van der Waals surface area contributed by atoms with Crippen molar-refractivity contribution in [3.8, 4) is 11.1 Å². The molecule has 4 fully saturated rings. The summed E-state index contributed by atoms with van der Waals surface area (Å²) in [4.78, 5) is 4.16. The molecule has 7 rings (SSSR count). The second-order valence-electron chi connectivity index (χ2n) is 9.72. The van der Waals surface area contributed by atoms with Crippen LogP contribution in [-0.4, -0.2) is 4.98 Å². The molecule has 4 saturated carbocycles. The molecule has 4 aliphatic rings. The molecule has 1 aromatic heterocycles. The molecule has 3 aromatic rings. The SMILES string of the molecule is c1cncc(Nc2ccc(-c3ccc(C45CC6CC(CC(C6)C4)C5)cc3)cc2)c1. The summed E-state index contributed by atoms with van der Waals surface area (Å²) in [7, 11) is 0. The Morgan fingerprint density at radius 3 is 1.83 bits per heavy atom. The first-order valence-electron chi connectivity index (χ1n) is 11.1. The van der Waals surface area contributed by atoms with Gasteiger partial charge in [-0.15, -0.1) is 0 Å². The van der Waals surface area contributed by atoms with Crippen LogP contribution in [0.15, 0.2) is 73.1 Å². The van der Waals surface area contributed by atoms with E-state index in [2.05, 4.69) is 58.8 Å². The number of pyridine rings is 1. The number of rotatable bonds is 4. The van der Waals surface area contributed by atoms with Gasteiger partial charge in [-0.2, -0.15) is 0 Å². The van der Waals surface area contributed by atoms with Crippen LogP contribution in [0.3, 0.4) is 0 Å². The van der Waals surface area contributed by atoms with Crippen LogP contribution in [0.25, 0.3) is 11.1 Å². The van der Waals surface area contributed by atoms with E-state index in [0.717, 1.165) is 29.1 Å². The van der Waals surface area contributed by atoms with Crippen molar-refractivity contribution in [3.05, 3.63) is 78.6 Å². The number of nitrogens with zero attached hydrogens (tertiary/aromatic N) is 1. The normalized spacial score (nSPS) is 29.7. The molecule has 2 aromatic carbocycles. The smallest absolute Gasteiger partial charge is 0.0570 e. The molecule has 0 amide bonds. The molecular weight excluding hydrogens is 352 g/mol. The van der Waals surface area contributed by atoms with Crippen LogP contribution in [0.1, 0.15) is 44.1 Å². The van der Waals surface area contributed by atoms with E-state index in [1.165, 1.54) is 49.7 Å². The summed E-state index contributed by atoms with van der Waals surface area (Å²) in [5, 5.41) is 3.40. The molecule has 0 radical (unpaired) electrons. The van der Waals surface area contributed by atoms with E-state index in [4.69, 9.17) is 0 Å². The first-order chi connectivity index (χ1) is 14.3. The van der Waals surface area contributed by atoms with Gasteiger partial charge >= 0.3 is 0 Å². The summed E-state index contributed by atoms with van der Waals surface area (Å²) in [5.74, 6) is 3.00. The first kappa shape index (κ1) is 17.3. The Kier molecular flexibility index (Phi) is 4.00. The molecule has 0 saturated heterocycles. The lowest BCUT2D eigenvalue weighted by Crippen LogP contribution is -2.48. The summed E-state index contributed by atoms with van der Waals surface area (Å²) >= 11 is 0. The topological polar surface area (TPSA) is 24.9 Å². The summed E-state index contributed by atoms with van der Waals surface area (Å²) in [6.45, 7) is 0. The van der Waals surface area contributed by atoms with Gasteiger partial charge in [0.05, 0.1) is 11.9 Å². The molecule has 4 aliphatic carbocycles. The largest absolute Gasteiger partial charge is 0.354 e. The van der Waals surface area contributed by atoms with E-state index in [-0.39, 0.29) is 0 Å². The molecule has 0 atom stereocenters. The van der Waals surface area contributed by atoms with E-state index in [0.29, 0.717) is 5.41 Å². The molecule has 0 unspecified atom stereocenters. The average molecular weight is 381 g/mol. The minimum absolute atomic E-state index is 0.491. The van der Waals surface area contributed by atoms with Crippen LogP contribution in [-0.2, 0) is 5.41 Å². The highest BCUT2D eigenvalue weighted by molar-refractivity contribution is 5.68. The van der Waals surface area contributed by atoms with Crippen molar-refractivity contribution in [3.63, 3.8) is 0 Å². The van der Waals surface area contributed by atoms with Crippen molar-refractivity contribution >= 4 is 11.4 Å². The molecule has 2 nitrogen and oxygen atoms in total. The van der Waals surface area contributed by atoms with Gasteiger partial charge in [-0.1, -0.05) is 36.4 Å². The van der Waals surface area contributed by atoms with Crippen LogP contribution < -0.4 is 5.32 Å². The standard InChI is InChI=1S/C27H28N2/c1-2-26(18-28-11-1)29-25-9-5-23(6-10-25)22-3-7-24(8-4-22)27-15-19-12-20(16-27)14-21(13-19)17-27/h1-11,18-21,29H,12-17H2. The van der Waals surface area contributed by atoms with Gasteiger partial charge in [-0.05, 0) is 103 Å². The number of benzene rings is 2. The van der Waals surface area contributed by atoms with Crippen LogP contribution in [0.5, 0.6) is 0 Å². The van der Waals surface area contributed by atoms with Crippen molar-refractivity contribution < 1.29 is 0 Å². The highest BCUT2D eigenvalue weighted by Crippen LogP contribution is 2.60. The monoisotopic (exact) mass is 380 g/mol. The van der Waals surface area contributed by atoms with E-state index in [1.54, 1.807) is 11.8 Å². The number of hydrogen-bond donors (Lipinski definition) is 1. The second-order valence-corrected chi connectivity index (χ2v) is 9.72.